The summed E-state index contributed by atoms with van der Waals surface area (Å²) in [5, 5.41) is 12.0. The molecule has 0 fully saturated rings. The summed E-state index contributed by atoms with van der Waals surface area (Å²) in [5.41, 5.74) is 1.10. The Bertz CT molecular complexity index is 607. The molecule has 0 amide bonds. The summed E-state index contributed by atoms with van der Waals surface area (Å²) in [6, 6.07) is 7.98. The molecule has 0 aliphatic carbocycles. The maximum Gasteiger partial charge on any atom is 0.339 e. The Hall–Kier alpha value is -2.14. The maximum atomic E-state index is 13.0. The van der Waals surface area contributed by atoms with Gasteiger partial charge in [-0.1, -0.05) is 12.1 Å². The molecule has 2 aromatic rings. The smallest absolute Gasteiger partial charge is 0.339 e. The van der Waals surface area contributed by atoms with Crippen molar-refractivity contribution in [3.8, 4) is 0 Å². The Morgan fingerprint density at radius 3 is 2.85 bits per heavy atom. The number of aryl methyl sites for hydroxylation is 1. The summed E-state index contributed by atoms with van der Waals surface area (Å²) in [7, 11) is 0. The van der Waals surface area contributed by atoms with Crippen LogP contribution in [0.3, 0.4) is 0 Å². The van der Waals surface area contributed by atoms with Gasteiger partial charge in [0.25, 0.3) is 0 Å². The minimum atomic E-state index is -0.989. The third-order valence-electron chi connectivity index (χ3n) is 2.98. The Morgan fingerprint density at radius 2 is 2.20 bits per heavy atom. The number of carboxylic acid groups (broad SMARTS) is 1. The summed E-state index contributed by atoms with van der Waals surface area (Å²) in [5.74, 6) is -0.244. The second-order valence-electron chi connectivity index (χ2n) is 4.54. The molecule has 2 rings (SSSR count). The van der Waals surface area contributed by atoms with Gasteiger partial charge in [0, 0.05) is 0 Å². The van der Waals surface area contributed by atoms with E-state index in [1.807, 2.05) is 6.07 Å². The molecule has 106 valence electrons. The Kier molecular flexibility index (Phi) is 4.53. The van der Waals surface area contributed by atoms with Gasteiger partial charge in [0.2, 0.25) is 0 Å². The quantitative estimate of drug-likeness (QED) is 0.797. The third kappa shape index (κ3) is 3.68. The molecule has 20 heavy (non-hydrogen) atoms. The van der Waals surface area contributed by atoms with Crippen molar-refractivity contribution in [2.24, 2.45) is 0 Å². The van der Waals surface area contributed by atoms with E-state index in [0.29, 0.717) is 31.0 Å². The van der Waals surface area contributed by atoms with E-state index in [1.165, 1.54) is 18.2 Å². The van der Waals surface area contributed by atoms with Gasteiger partial charge in [0.05, 0.1) is 6.54 Å². The maximum absolute atomic E-state index is 13.0. The van der Waals surface area contributed by atoms with E-state index >= 15 is 0 Å². The molecular formula is C15H16FNO3. The van der Waals surface area contributed by atoms with Crippen LogP contribution in [0.4, 0.5) is 4.39 Å². The number of aromatic carboxylic acids is 1. The van der Waals surface area contributed by atoms with Gasteiger partial charge in [-0.05, 0) is 43.7 Å². The van der Waals surface area contributed by atoms with E-state index in [9.17, 15) is 9.18 Å². The molecule has 2 N–H and O–H groups in total. The summed E-state index contributed by atoms with van der Waals surface area (Å²) in [4.78, 5) is 10.9. The first-order valence-corrected chi connectivity index (χ1v) is 6.34. The first kappa shape index (κ1) is 14.3. The van der Waals surface area contributed by atoms with Crippen LogP contribution in [0.1, 0.15) is 27.4 Å². The molecule has 1 heterocycles. The second-order valence-corrected chi connectivity index (χ2v) is 4.54. The second kappa shape index (κ2) is 6.34. The lowest BCUT2D eigenvalue weighted by Crippen LogP contribution is -2.16. The highest BCUT2D eigenvalue weighted by Crippen LogP contribution is 2.14. The molecule has 0 aliphatic rings. The molecule has 0 saturated carbocycles. The Balaban J connectivity index is 1.81. The van der Waals surface area contributed by atoms with Crippen molar-refractivity contribution in [2.75, 3.05) is 6.54 Å². The zero-order chi connectivity index (χ0) is 14.5. The zero-order valence-electron chi connectivity index (χ0n) is 11.1. The monoisotopic (exact) mass is 277 g/mol. The van der Waals surface area contributed by atoms with E-state index in [-0.39, 0.29) is 11.4 Å². The van der Waals surface area contributed by atoms with Crippen molar-refractivity contribution in [3.05, 3.63) is 58.8 Å². The normalized spacial score (nSPS) is 10.7. The number of benzene rings is 1. The van der Waals surface area contributed by atoms with Gasteiger partial charge in [-0.3, -0.25) is 0 Å². The molecule has 0 atom stereocenters. The SMILES string of the molecule is Cc1oc(CNCCc2cccc(F)c2)cc1C(=O)O. The first-order chi connectivity index (χ1) is 9.56. The molecule has 0 radical (unpaired) electrons. The predicted molar refractivity (Wildman–Crippen MR) is 72.2 cm³/mol. The summed E-state index contributed by atoms with van der Waals surface area (Å²) in [6.45, 7) is 2.73. The standard InChI is InChI=1S/C15H16FNO3/c1-10-14(15(18)19)8-13(20-10)9-17-6-5-11-3-2-4-12(16)7-11/h2-4,7-8,17H,5-6,9H2,1H3,(H,18,19). The minimum Gasteiger partial charge on any atom is -0.478 e. The third-order valence-corrected chi connectivity index (χ3v) is 2.98. The number of carbonyl (C=O) groups is 1. The predicted octanol–water partition coefficient (Wildman–Crippen LogP) is 2.76. The van der Waals surface area contributed by atoms with Crippen molar-refractivity contribution in [3.63, 3.8) is 0 Å². The number of furan rings is 1. The van der Waals surface area contributed by atoms with Crippen LogP contribution in [-0.4, -0.2) is 17.6 Å². The fourth-order valence-corrected chi connectivity index (χ4v) is 1.98. The molecule has 1 aromatic carbocycles. The first-order valence-electron chi connectivity index (χ1n) is 6.34. The van der Waals surface area contributed by atoms with Crippen LogP contribution < -0.4 is 5.32 Å². The average molecular weight is 277 g/mol. The molecular weight excluding hydrogens is 261 g/mol. The summed E-state index contributed by atoms with van der Waals surface area (Å²) in [6.07, 6.45) is 0.698. The van der Waals surface area contributed by atoms with Crippen molar-refractivity contribution in [2.45, 2.75) is 19.9 Å². The lowest BCUT2D eigenvalue weighted by Gasteiger charge is -2.03. The van der Waals surface area contributed by atoms with Crippen LogP contribution in [0.2, 0.25) is 0 Å². The van der Waals surface area contributed by atoms with Crippen molar-refractivity contribution < 1.29 is 18.7 Å². The van der Waals surface area contributed by atoms with Crippen molar-refractivity contribution in [1.29, 1.82) is 0 Å². The summed E-state index contributed by atoms with van der Waals surface area (Å²) < 4.78 is 18.3. The highest BCUT2D eigenvalue weighted by Gasteiger charge is 2.13. The fraction of sp³-hybridized carbons (Fsp3) is 0.267. The number of rotatable bonds is 6. The van der Waals surface area contributed by atoms with Gasteiger partial charge in [-0.25, -0.2) is 9.18 Å². The number of halogens is 1. The lowest BCUT2D eigenvalue weighted by molar-refractivity contribution is 0.0695. The largest absolute Gasteiger partial charge is 0.478 e. The minimum absolute atomic E-state index is 0.187. The van der Waals surface area contributed by atoms with Crippen LogP contribution in [-0.2, 0) is 13.0 Å². The van der Waals surface area contributed by atoms with Gasteiger partial charge in [0.1, 0.15) is 22.9 Å². The molecule has 4 nitrogen and oxygen atoms in total. The van der Waals surface area contributed by atoms with Crippen LogP contribution in [0, 0.1) is 12.7 Å². The molecule has 0 spiro atoms. The highest BCUT2D eigenvalue weighted by atomic mass is 19.1. The highest BCUT2D eigenvalue weighted by molar-refractivity contribution is 5.88. The molecule has 0 saturated heterocycles. The van der Waals surface area contributed by atoms with Gasteiger partial charge >= 0.3 is 5.97 Å². The van der Waals surface area contributed by atoms with Crippen LogP contribution in [0.5, 0.6) is 0 Å². The van der Waals surface area contributed by atoms with E-state index < -0.39 is 5.97 Å². The van der Waals surface area contributed by atoms with E-state index in [2.05, 4.69) is 5.32 Å². The van der Waals surface area contributed by atoms with Crippen LogP contribution in [0.25, 0.3) is 0 Å². The number of hydrogen-bond donors (Lipinski definition) is 2. The lowest BCUT2D eigenvalue weighted by atomic mass is 10.1. The molecule has 1 aromatic heterocycles. The number of nitrogens with one attached hydrogen (secondary N) is 1. The van der Waals surface area contributed by atoms with E-state index in [4.69, 9.17) is 9.52 Å². The molecule has 0 unspecified atom stereocenters. The van der Waals surface area contributed by atoms with Crippen LogP contribution in [0.15, 0.2) is 34.7 Å². The van der Waals surface area contributed by atoms with Crippen molar-refractivity contribution >= 4 is 5.97 Å². The van der Waals surface area contributed by atoms with E-state index in [1.54, 1.807) is 13.0 Å². The fourth-order valence-electron chi connectivity index (χ4n) is 1.98. The van der Waals surface area contributed by atoms with Crippen LogP contribution >= 0.6 is 0 Å². The molecule has 0 aliphatic heterocycles. The number of hydrogen-bond acceptors (Lipinski definition) is 3. The van der Waals surface area contributed by atoms with Crippen molar-refractivity contribution in [1.82, 2.24) is 5.32 Å². The van der Waals surface area contributed by atoms with Gasteiger partial charge in [-0.2, -0.15) is 0 Å². The molecule has 0 bridgehead atoms. The summed E-state index contributed by atoms with van der Waals surface area (Å²) >= 11 is 0. The van der Waals surface area contributed by atoms with Gasteiger partial charge < -0.3 is 14.8 Å². The Morgan fingerprint density at radius 1 is 1.40 bits per heavy atom. The number of carboxylic acids is 1. The molecule has 5 heteroatoms. The average Bonchev–Trinajstić information content (AvgIpc) is 2.76. The Labute approximate surface area is 116 Å². The van der Waals surface area contributed by atoms with Gasteiger partial charge in [0.15, 0.2) is 0 Å². The topological polar surface area (TPSA) is 62.5 Å². The van der Waals surface area contributed by atoms with E-state index in [0.717, 1.165) is 5.56 Å². The zero-order valence-corrected chi connectivity index (χ0v) is 11.1. The van der Waals surface area contributed by atoms with Gasteiger partial charge in [-0.15, -0.1) is 0 Å².